The third-order valence-electron chi connectivity index (χ3n) is 4.90. The van der Waals surface area contributed by atoms with E-state index in [-0.39, 0.29) is 18.6 Å². The summed E-state index contributed by atoms with van der Waals surface area (Å²) in [6, 6.07) is 5.87. The highest BCUT2D eigenvalue weighted by Gasteiger charge is 2.28. The quantitative estimate of drug-likeness (QED) is 0.518. The number of nitrogens with one attached hydrogen (secondary N) is 2. The molecule has 1 unspecified atom stereocenters. The Labute approximate surface area is 192 Å². The van der Waals surface area contributed by atoms with Crippen LogP contribution in [0.2, 0.25) is 0 Å². The molecule has 4 rings (SSSR count). The largest absolute Gasteiger partial charge is 0.446 e. The van der Waals surface area contributed by atoms with E-state index in [0.717, 1.165) is 16.0 Å². The number of carbonyl (C=O) groups is 2. The van der Waals surface area contributed by atoms with E-state index in [4.69, 9.17) is 9.26 Å². The van der Waals surface area contributed by atoms with Crippen LogP contribution in [0.3, 0.4) is 0 Å². The van der Waals surface area contributed by atoms with Gasteiger partial charge >= 0.3 is 6.09 Å². The van der Waals surface area contributed by atoms with Gasteiger partial charge in [-0.3, -0.25) is 4.79 Å². The third kappa shape index (κ3) is 5.25. The van der Waals surface area contributed by atoms with Crippen molar-refractivity contribution in [2.45, 2.75) is 38.8 Å². The third-order valence-corrected chi connectivity index (χ3v) is 6.77. The number of alkyl carbamates (subject to hydrolysis) is 1. The summed E-state index contributed by atoms with van der Waals surface area (Å²) in [6.45, 7) is 2.00. The van der Waals surface area contributed by atoms with Crippen molar-refractivity contribution in [3.05, 3.63) is 62.0 Å². The molecule has 0 saturated carbocycles. The van der Waals surface area contributed by atoms with Gasteiger partial charge in [-0.25, -0.2) is 4.79 Å². The molecule has 2 amide bonds. The number of ether oxygens (including phenoxy) is 1. The van der Waals surface area contributed by atoms with Crippen LogP contribution >= 0.6 is 22.7 Å². The van der Waals surface area contributed by atoms with E-state index in [1.807, 2.05) is 16.8 Å². The van der Waals surface area contributed by atoms with E-state index in [9.17, 15) is 14.9 Å². The van der Waals surface area contributed by atoms with Crippen LogP contribution in [0, 0.1) is 18.3 Å². The fraction of sp³-hybridized carbons (Fsp3) is 0.273. The average Bonchev–Trinajstić information content (AvgIpc) is 3.50. The van der Waals surface area contributed by atoms with Gasteiger partial charge in [0, 0.05) is 23.4 Å². The summed E-state index contributed by atoms with van der Waals surface area (Å²) in [4.78, 5) is 25.4. The minimum atomic E-state index is -0.525. The predicted molar refractivity (Wildman–Crippen MR) is 121 cm³/mol. The molecule has 0 spiro atoms. The molecular formula is C22H20N4O4S2. The van der Waals surface area contributed by atoms with Gasteiger partial charge in [0.2, 0.25) is 5.91 Å². The maximum atomic E-state index is 12.3. The Morgan fingerprint density at radius 3 is 3.06 bits per heavy atom. The molecule has 8 nitrogen and oxygen atoms in total. The summed E-state index contributed by atoms with van der Waals surface area (Å²) >= 11 is 2.92. The monoisotopic (exact) mass is 468 g/mol. The van der Waals surface area contributed by atoms with Gasteiger partial charge in [0.15, 0.2) is 0 Å². The standard InChI is InChI=1S/C22H20N4O4S2/c1-13-8-15(26-30-13)11-24-22(28)29-16-3-4-17-18(10-23)21(32-19(17)9-16)25-20(27)5-2-14-6-7-31-12-14/h2,5-8,12,16H,3-4,9,11H2,1H3,(H,24,28)(H,25,27). The lowest BCUT2D eigenvalue weighted by molar-refractivity contribution is -0.111. The van der Waals surface area contributed by atoms with Gasteiger partial charge < -0.3 is 19.9 Å². The van der Waals surface area contributed by atoms with Crippen molar-refractivity contribution in [3.8, 4) is 6.07 Å². The molecule has 3 heterocycles. The van der Waals surface area contributed by atoms with Crippen LogP contribution in [0.15, 0.2) is 33.5 Å². The normalized spacial score (nSPS) is 15.2. The van der Waals surface area contributed by atoms with Crippen LogP contribution in [0.1, 0.15) is 39.4 Å². The molecule has 1 aliphatic rings. The molecule has 10 heteroatoms. The number of anilines is 1. The molecule has 0 fully saturated rings. The van der Waals surface area contributed by atoms with Crippen LogP contribution in [0.5, 0.6) is 0 Å². The zero-order valence-electron chi connectivity index (χ0n) is 17.2. The molecule has 3 aromatic rings. The van der Waals surface area contributed by atoms with E-state index in [2.05, 4.69) is 21.9 Å². The van der Waals surface area contributed by atoms with Crippen molar-refractivity contribution in [1.29, 1.82) is 5.26 Å². The summed E-state index contributed by atoms with van der Waals surface area (Å²) in [5, 5.41) is 23.3. The highest BCUT2D eigenvalue weighted by molar-refractivity contribution is 7.16. The minimum absolute atomic E-state index is 0.223. The predicted octanol–water partition coefficient (Wildman–Crippen LogP) is 4.41. The Bertz CT molecular complexity index is 1190. The molecule has 1 aliphatic carbocycles. The molecule has 0 saturated heterocycles. The number of amides is 2. The lowest BCUT2D eigenvalue weighted by Gasteiger charge is -2.22. The van der Waals surface area contributed by atoms with Gasteiger partial charge in [0.25, 0.3) is 0 Å². The molecule has 1 atom stereocenters. The van der Waals surface area contributed by atoms with Crippen LogP contribution in [0.25, 0.3) is 6.08 Å². The molecule has 3 aromatic heterocycles. The first-order valence-electron chi connectivity index (χ1n) is 9.94. The Morgan fingerprint density at radius 1 is 1.47 bits per heavy atom. The number of rotatable bonds is 6. The summed E-state index contributed by atoms with van der Waals surface area (Å²) in [5.74, 6) is 0.382. The molecular weight excluding hydrogens is 448 g/mol. The van der Waals surface area contributed by atoms with Crippen LogP contribution in [-0.2, 0) is 28.9 Å². The second kappa shape index (κ2) is 9.80. The number of aromatic nitrogens is 1. The number of fused-ring (bicyclic) bond motifs is 1. The average molecular weight is 469 g/mol. The van der Waals surface area contributed by atoms with Crippen molar-refractivity contribution in [3.63, 3.8) is 0 Å². The molecule has 164 valence electrons. The molecule has 2 N–H and O–H groups in total. The first-order valence-corrected chi connectivity index (χ1v) is 11.7. The van der Waals surface area contributed by atoms with E-state index in [0.29, 0.717) is 41.3 Å². The van der Waals surface area contributed by atoms with Crippen molar-refractivity contribution >= 4 is 45.8 Å². The van der Waals surface area contributed by atoms with Crippen molar-refractivity contribution in [2.75, 3.05) is 5.32 Å². The number of thiophene rings is 2. The fourth-order valence-electron chi connectivity index (χ4n) is 3.41. The van der Waals surface area contributed by atoms with Crippen LogP contribution < -0.4 is 10.6 Å². The molecule has 0 aliphatic heterocycles. The number of aryl methyl sites for hydroxylation is 1. The van der Waals surface area contributed by atoms with E-state index in [1.165, 1.54) is 17.4 Å². The second-order valence-electron chi connectivity index (χ2n) is 7.25. The smallest absolute Gasteiger partial charge is 0.407 e. The first kappa shape index (κ1) is 21.8. The summed E-state index contributed by atoms with van der Waals surface area (Å²) in [5.41, 5.74) is 2.99. The zero-order chi connectivity index (χ0) is 22.5. The first-order chi connectivity index (χ1) is 15.5. The molecule has 0 radical (unpaired) electrons. The summed E-state index contributed by atoms with van der Waals surface area (Å²) in [6.07, 6.45) is 4.09. The van der Waals surface area contributed by atoms with E-state index >= 15 is 0 Å². The second-order valence-corrected chi connectivity index (χ2v) is 9.14. The van der Waals surface area contributed by atoms with Crippen LogP contribution in [0.4, 0.5) is 9.80 Å². The Balaban J connectivity index is 1.35. The molecule has 0 bridgehead atoms. The van der Waals surface area contributed by atoms with Crippen LogP contribution in [-0.4, -0.2) is 23.3 Å². The van der Waals surface area contributed by atoms with Gasteiger partial charge in [-0.1, -0.05) is 5.16 Å². The van der Waals surface area contributed by atoms with Gasteiger partial charge in [0.1, 0.15) is 28.6 Å². The number of nitrogens with zero attached hydrogens (tertiary/aromatic N) is 2. The maximum Gasteiger partial charge on any atom is 0.407 e. The lowest BCUT2D eigenvalue weighted by atomic mass is 9.94. The van der Waals surface area contributed by atoms with E-state index in [1.54, 1.807) is 30.4 Å². The Hall–Kier alpha value is -3.42. The topological polar surface area (TPSA) is 117 Å². The fourth-order valence-corrected chi connectivity index (χ4v) is 5.31. The van der Waals surface area contributed by atoms with Gasteiger partial charge in [0.05, 0.1) is 12.1 Å². The summed E-state index contributed by atoms with van der Waals surface area (Å²) < 4.78 is 10.5. The zero-order valence-corrected chi connectivity index (χ0v) is 18.8. The Morgan fingerprint density at radius 2 is 2.34 bits per heavy atom. The Kier molecular flexibility index (Phi) is 6.68. The number of nitriles is 1. The molecule has 32 heavy (non-hydrogen) atoms. The summed E-state index contributed by atoms with van der Waals surface area (Å²) in [7, 11) is 0. The lowest BCUT2D eigenvalue weighted by Crippen LogP contribution is -2.31. The number of hydrogen-bond donors (Lipinski definition) is 2. The van der Waals surface area contributed by atoms with Crippen molar-refractivity contribution in [1.82, 2.24) is 10.5 Å². The highest BCUT2D eigenvalue weighted by Crippen LogP contribution is 2.38. The van der Waals surface area contributed by atoms with Gasteiger partial charge in [-0.15, -0.1) is 11.3 Å². The SMILES string of the molecule is Cc1cc(CNC(=O)OC2CCc3c(sc(NC(=O)C=Cc4ccsc4)c3C#N)C2)no1. The number of carbonyl (C=O) groups excluding carboxylic acids is 2. The van der Waals surface area contributed by atoms with Crippen molar-refractivity contribution in [2.24, 2.45) is 0 Å². The number of hydrogen-bond acceptors (Lipinski definition) is 8. The maximum absolute atomic E-state index is 12.3. The van der Waals surface area contributed by atoms with Gasteiger partial charge in [-0.2, -0.15) is 16.6 Å². The highest BCUT2D eigenvalue weighted by atomic mass is 32.1. The van der Waals surface area contributed by atoms with E-state index < -0.39 is 6.09 Å². The minimum Gasteiger partial charge on any atom is -0.446 e. The van der Waals surface area contributed by atoms with Gasteiger partial charge in [-0.05, 0) is 53.8 Å². The van der Waals surface area contributed by atoms with Crippen molar-refractivity contribution < 1.29 is 18.8 Å². The molecule has 0 aromatic carbocycles.